The van der Waals surface area contributed by atoms with Gasteiger partial charge in [0, 0.05) is 25.1 Å². The van der Waals surface area contributed by atoms with Crippen LogP contribution in [-0.2, 0) is 19.4 Å². The van der Waals surface area contributed by atoms with Crippen molar-refractivity contribution in [3.05, 3.63) is 63.8 Å². The van der Waals surface area contributed by atoms with E-state index in [1.165, 1.54) is 6.20 Å². The second-order valence-electron chi connectivity index (χ2n) is 7.66. The molecular formula is C21H21N5O2. The molecule has 1 fully saturated rings. The highest BCUT2D eigenvalue weighted by atomic mass is 16.2. The van der Waals surface area contributed by atoms with Gasteiger partial charge in [-0.2, -0.15) is 5.10 Å². The molecule has 3 heterocycles. The van der Waals surface area contributed by atoms with E-state index in [1.54, 1.807) is 15.6 Å². The molecule has 5 rings (SSSR count). The molecule has 2 aromatic heterocycles. The number of amides is 1. The predicted octanol–water partition coefficient (Wildman–Crippen LogP) is 1.84. The molecule has 2 aliphatic rings. The fourth-order valence-electron chi connectivity index (χ4n) is 4.05. The van der Waals surface area contributed by atoms with Crippen molar-refractivity contribution in [1.29, 1.82) is 0 Å². The summed E-state index contributed by atoms with van der Waals surface area (Å²) in [6.45, 7) is 1.77. The van der Waals surface area contributed by atoms with E-state index in [2.05, 4.69) is 15.1 Å². The summed E-state index contributed by atoms with van der Waals surface area (Å²) in [7, 11) is 0. The lowest BCUT2D eigenvalue weighted by molar-refractivity contribution is 0.0452. The lowest BCUT2D eigenvalue weighted by Crippen LogP contribution is -2.52. The van der Waals surface area contributed by atoms with Gasteiger partial charge < -0.3 is 4.90 Å². The summed E-state index contributed by atoms with van der Waals surface area (Å²) in [5.74, 6) is 0.129. The maximum atomic E-state index is 12.7. The third kappa shape index (κ3) is 3.06. The van der Waals surface area contributed by atoms with Gasteiger partial charge in [-0.25, -0.2) is 9.67 Å². The summed E-state index contributed by atoms with van der Waals surface area (Å²) < 4.78 is 1.58. The smallest absolute Gasteiger partial charge is 0.274 e. The Hall–Kier alpha value is -3.09. The first-order chi connectivity index (χ1) is 13.7. The zero-order valence-electron chi connectivity index (χ0n) is 15.5. The van der Waals surface area contributed by atoms with Crippen LogP contribution in [0.3, 0.4) is 0 Å². The van der Waals surface area contributed by atoms with E-state index >= 15 is 0 Å². The van der Waals surface area contributed by atoms with Gasteiger partial charge in [-0.15, -0.1) is 0 Å². The van der Waals surface area contributed by atoms with Crippen molar-refractivity contribution in [3.63, 3.8) is 0 Å². The second-order valence-corrected chi connectivity index (χ2v) is 7.66. The van der Waals surface area contributed by atoms with E-state index in [4.69, 9.17) is 0 Å². The number of rotatable bonds is 3. The van der Waals surface area contributed by atoms with Gasteiger partial charge in [0.2, 0.25) is 0 Å². The third-order valence-electron chi connectivity index (χ3n) is 5.62. The quantitative estimate of drug-likeness (QED) is 0.698. The van der Waals surface area contributed by atoms with Crippen LogP contribution in [0.25, 0.3) is 11.0 Å². The van der Waals surface area contributed by atoms with Crippen LogP contribution < -0.4 is 5.56 Å². The van der Waals surface area contributed by atoms with E-state index in [0.717, 1.165) is 48.0 Å². The monoisotopic (exact) mass is 375 g/mol. The number of benzene rings is 1. The Balaban J connectivity index is 1.26. The Labute approximate surface area is 162 Å². The molecule has 1 saturated heterocycles. The third-order valence-corrected chi connectivity index (χ3v) is 5.62. The van der Waals surface area contributed by atoms with Crippen LogP contribution in [0.15, 0.2) is 41.3 Å². The summed E-state index contributed by atoms with van der Waals surface area (Å²) in [6, 6.07) is 9.25. The highest BCUT2D eigenvalue weighted by molar-refractivity contribution is 5.94. The van der Waals surface area contributed by atoms with E-state index in [9.17, 15) is 9.59 Å². The first-order valence-electron chi connectivity index (χ1n) is 9.78. The van der Waals surface area contributed by atoms with E-state index < -0.39 is 0 Å². The number of fused-ring (bicyclic) bond motifs is 2. The Morgan fingerprint density at radius 1 is 1.11 bits per heavy atom. The predicted molar refractivity (Wildman–Crippen MR) is 104 cm³/mol. The van der Waals surface area contributed by atoms with Crippen molar-refractivity contribution < 1.29 is 4.79 Å². The Kier molecular flexibility index (Phi) is 4.15. The summed E-state index contributed by atoms with van der Waals surface area (Å²) in [5.41, 5.74) is 3.98. The fraction of sp³-hybridized carbons (Fsp3) is 0.381. The number of hydrogen-bond donors (Lipinski definition) is 0. The molecule has 1 aliphatic carbocycles. The number of carbonyl (C=O) groups excluding carboxylic acids is 1. The van der Waals surface area contributed by atoms with Crippen LogP contribution in [0.1, 0.15) is 34.6 Å². The standard InChI is InChI=1S/C21H21N5O2/c27-20-9-15-5-1-2-6-16(15)24-26(20)13-14-11-25(12-14)21(28)19-10-22-17-7-3-4-8-18(17)23-19/h3-4,7-10,14H,1-2,5-6,11-13H2. The number of nitrogens with zero attached hydrogens (tertiary/aromatic N) is 5. The lowest BCUT2D eigenvalue weighted by Gasteiger charge is -2.39. The van der Waals surface area contributed by atoms with Crippen molar-refractivity contribution in [2.45, 2.75) is 32.2 Å². The molecule has 7 nitrogen and oxygen atoms in total. The van der Waals surface area contributed by atoms with Crippen LogP contribution in [0.4, 0.5) is 0 Å². The van der Waals surface area contributed by atoms with E-state index in [0.29, 0.717) is 25.3 Å². The molecule has 1 aromatic carbocycles. The Morgan fingerprint density at radius 2 is 1.89 bits per heavy atom. The van der Waals surface area contributed by atoms with Crippen LogP contribution in [-0.4, -0.2) is 43.6 Å². The van der Waals surface area contributed by atoms with E-state index in [1.807, 2.05) is 24.3 Å². The largest absolute Gasteiger partial charge is 0.336 e. The SMILES string of the molecule is O=C(c1cnc2ccccc2n1)N1CC(Cn2nc3c(cc2=O)CCCC3)C1. The van der Waals surface area contributed by atoms with Gasteiger partial charge in [-0.05, 0) is 43.4 Å². The Bertz CT molecular complexity index is 1120. The summed E-state index contributed by atoms with van der Waals surface area (Å²) in [5, 5.41) is 4.58. The minimum Gasteiger partial charge on any atom is -0.336 e. The van der Waals surface area contributed by atoms with Crippen molar-refractivity contribution in [2.75, 3.05) is 13.1 Å². The summed E-state index contributed by atoms with van der Waals surface area (Å²) in [4.78, 5) is 35.5. The molecule has 0 radical (unpaired) electrons. The molecule has 28 heavy (non-hydrogen) atoms. The van der Waals surface area contributed by atoms with Gasteiger partial charge >= 0.3 is 0 Å². The normalized spacial score (nSPS) is 16.6. The van der Waals surface area contributed by atoms with Gasteiger partial charge in [-0.3, -0.25) is 14.6 Å². The van der Waals surface area contributed by atoms with Crippen LogP contribution in [0.2, 0.25) is 0 Å². The van der Waals surface area contributed by atoms with Crippen LogP contribution in [0.5, 0.6) is 0 Å². The molecule has 3 aromatic rings. The number of likely N-dealkylation sites (tertiary alicyclic amines) is 1. The highest BCUT2D eigenvalue weighted by Gasteiger charge is 2.33. The molecule has 0 bridgehead atoms. The van der Waals surface area contributed by atoms with Crippen molar-refractivity contribution >= 4 is 16.9 Å². The molecular weight excluding hydrogens is 354 g/mol. The van der Waals surface area contributed by atoms with Crippen molar-refractivity contribution in [3.8, 4) is 0 Å². The minimum absolute atomic E-state index is 0.0363. The minimum atomic E-state index is -0.111. The number of hydrogen-bond acceptors (Lipinski definition) is 5. The lowest BCUT2D eigenvalue weighted by atomic mass is 9.96. The maximum Gasteiger partial charge on any atom is 0.274 e. The van der Waals surface area contributed by atoms with E-state index in [-0.39, 0.29) is 17.4 Å². The van der Waals surface area contributed by atoms with Gasteiger partial charge in [-0.1, -0.05) is 12.1 Å². The number of aryl methyl sites for hydroxylation is 2. The molecule has 0 spiro atoms. The molecule has 1 aliphatic heterocycles. The van der Waals surface area contributed by atoms with Crippen molar-refractivity contribution in [2.24, 2.45) is 5.92 Å². The van der Waals surface area contributed by atoms with Crippen LogP contribution >= 0.6 is 0 Å². The van der Waals surface area contributed by atoms with Gasteiger partial charge in [0.1, 0.15) is 5.69 Å². The molecule has 0 saturated carbocycles. The molecule has 0 atom stereocenters. The molecule has 0 unspecified atom stereocenters. The zero-order chi connectivity index (χ0) is 19.1. The first-order valence-corrected chi connectivity index (χ1v) is 9.78. The van der Waals surface area contributed by atoms with Gasteiger partial charge in [0.05, 0.1) is 29.5 Å². The molecule has 0 N–H and O–H groups in total. The first kappa shape index (κ1) is 17.0. The van der Waals surface area contributed by atoms with Crippen LogP contribution in [0, 0.1) is 5.92 Å². The van der Waals surface area contributed by atoms with Crippen molar-refractivity contribution in [1.82, 2.24) is 24.6 Å². The zero-order valence-corrected chi connectivity index (χ0v) is 15.5. The van der Waals surface area contributed by atoms with Gasteiger partial charge in [0.25, 0.3) is 11.5 Å². The van der Waals surface area contributed by atoms with Gasteiger partial charge in [0.15, 0.2) is 0 Å². The number of para-hydroxylation sites is 2. The molecule has 1 amide bonds. The fourth-order valence-corrected chi connectivity index (χ4v) is 4.05. The molecule has 7 heteroatoms. The number of carbonyl (C=O) groups is 1. The second kappa shape index (κ2) is 6.82. The average molecular weight is 375 g/mol. The topological polar surface area (TPSA) is 81.0 Å². The summed E-state index contributed by atoms with van der Waals surface area (Å²) in [6.07, 6.45) is 5.71. The molecule has 142 valence electrons. The number of aromatic nitrogens is 4. The Morgan fingerprint density at radius 3 is 2.75 bits per heavy atom. The maximum absolute atomic E-state index is 12.7. The highest BCUT2D eigenvalue weighted by Crippen LogP contribution is 2.21. The summed E-state index contributed by atoms with van der Waals surface area (Å²) >= 11 is 0. The average Bonchev–Trinajstić information content (AvgIpc) is 2.69.